The summed E-state index contributed by atoms with van der Waals surface area (Å²) in [6.07, 6.45) is -3.18. The van der Waals surface area contributed by atoms with Gasteiger partial charge in [-0.15, -0.1) is 0 Å². The van der Waals surface area contributed by atoms with Gasteiger partial charge in [0.25, 0.3) is 10.0 Å². The molecule has 3 aromatic carbocycles. The second kappa shape index (κ2) is 11.2. The molecule has 1 fully saturated rings. The average molecular weight is 638 g/mol. The van der Waals surface area contributed by atoms with Crippen LogP contribution in [0.2, 0.25) is 5.02 Å². The zero-order chi connectivity index (χ0) is 31.3. The lowest BCUT2D eigenvalue weighted by Crippen LogP contribution is -2.62. The van der Waals surface area contributed by atoms with E-state index in [0.717, 1.165) is 27.4 Å². The number of halogens is 5. The number of carboxylic acids is 1. The summed E-state index contributed by atoms with van der Waals surface area (Å²) in [6.45, 7) is 1.49. The summed E-state index contributed by atoms with van der Waals surface area (Å²) in [5.41, 5.74) is 0.524. The van der Waals surface area contributed by atoms with Crippen molar-refractivity contribution in [1.29, 1.82) is 0 Å². The van der Waals surface area contributed by atoms with Gasteiger partial charge < -0.3 is 14.9 Å². The summed E-state index contributed by atoms with van der Waals surface area (Å²) in [4.78, 5) is 25.8. The molecule has 5 rings (SSSR count). The number of fused-ring (bicyclic) bond motifs is 3. The van der Waals surface area contributed by atoms with Gasteiger partial charge in [-0.1, -0.05) is 35.9 Å². The Morgan fingerprint density at radius 2 is 1.72 bits per heavy atom. The summed E-state index contributed by atoms with van der Waals surface area (Å²) >= 11 is 6.21. The fourth-order valence-corrected chi connectivity index (χ4v) is 7.26. The van der Waals surface area contributed by atoms with Gasteiger partial charge in [-0.3, -0.25) is 9.10 Å². The summed E-state index contributed by atoms with van der Waals surface area (Å²) in [7, 11) is -4.59. The Kier molecular flexibility index (Phi) is 7.90. The highest BCUT2D eigenvalue weighted by atomic mass is 35.5. The van der Waals surface area contributed by atoms with Gasteiger partial charge in [0.05, 0.1) is 39.4 Å². The van der Waals surface area contributed by atoms with Crippen molar-refractivity contribution < 1.29 is 40.7 Å². The molecule has 226 valence electrons. The lowest BCUT2D eigenvalue weighted by molar-refractivity contribution is -0.156. The van der Waals surface area contributed by atoms with Crippen LogP contribution in [0.25, 0.3) is 11.6 Å². The molecular weight excluding hydrogens is 614 g/mol. The standard InChI is InChI=1S/C29H24ClF4N3O5S/c1-17(26-22(30)6-3-7-23(26)31)12-18-8-9-24-25(13-18)37(16-20-15-35(10-11-36(20)24)27(38)28(39)40)43(41,42)21-5-2-4-19(14-21)29(32,33)34/h2-9,12-14,20H,10-11,15-16H2,1H3,(H,39,40)/b17-12+. The van der Waals surface area contributed by atoms with Crippen molar-refractivity contribution in [3.8, 4) is 0 Å². The van der Waals surface area contributed by atoms with E-state index in [1.807, 2.05) is 4.90 Å². The van der Waals surface area contributed by atoms with Gasteiger partial charge in [0.2, 0.25) is 0 Å². The van der Waals surface area contributed by atoms with Gasteiger partial charge in [0.15, 0.2) is 0 Å². The van der Waals surface area contributed by atoms with E-state index < -0.39 is 50.4 Å². The highest BCUT2D eigenvalue weighted by molar-refractivity contribution is 7.92. The molecule has 0 aliphatic carbocycles. The number of benzene rings is 3. The number of allylic oxidation sites excluding steroid dienone is 1. The SMILES string of the molecule is C/C(=C\c1ccc2c(c1)N(S(=O)(=O)c1cccc(C(F)(F)F)c1)CC1CN(C(=O)C(=O)O)CCN21)c1c(F)cccc1Cl. The molecule has 43 heavy (non-hydrogen) atoms. The Morgan fingerprint density at radius 1 is 1.00 bits per heavy atom. The molecule has 8 nitrogen and oxygen atoms in total. The lowest BCUT2D eigenvalue weighted by atomic mass is 10.0. The Labute approximate surface area is 249 Å². The molecule has 3 aromatic rings. The molecule has 1 atom stereocenters. The second-order valence-corrected chi connectivity index (χ2v) is 12.4. The molecule has 2 aliphatic heterocycles. The number of carbonyl (C=O) groups excluding carboxylic acids is 1. The van der Waals surface area contributed by atoms with E-state index >= 15 is 0 Å². The molecule has 0 saturated carbocycles. The van der Waals surface area contributed by atoms with Gasteiger partial charge in [-0.05, 0) is 60.5 Å². The van der Waals surface area contributed by atoms with Crippen molar-refractivity contribution in [1.82, 2.24) is 4.90 Å². The van der Waals surface area contributed by atoms with Crippen molar-refractivity contribution in [2.24, 2.45) is 0 Å². The molecule has 2 aliphatic rings. The summed E-state index contributed by atoms with van der Waals surface area (Å²) in [5, 5.41) is 9.37. The van der Waals surface area contributed by atoms with Crippen LogP contribution in [0.5, 0.6) is 0 Å². The van der Waals surface area contributed by atoms with Crippen LogP contribution >= 0.6 is 11.6 Å². The molecule has 1 unspecified atom stereocenters. The molecule has 14 heteroatoms. The molecule has 0 aromatic heterocycles. The van der Waals surface area contributed by atoms with Gasteiger partial charge in [-0.2, -0.15) is 13.2 Å². The van der Waals surface area contributed by atoms with E-state index in [4.69, 9.17) is 11.6 Å². The third-order valence-electron chi connectivity index (χ3n) is 7.40. The normalized spacial score (nSPS) is 17.4. The molecule has 1 saturated heterocycles. The molecule has 0 spiro atoms. The Morgan fingerprint density at radius 3 is 2.40 bits per heavy atom. The van der Waals surface area contributed by atoms with Gasteiger partial charge >= 0.3 is 18.1 Å². The van der Waals surface area contributed by atoms with Crippen LogP contribution < -0.4 is 9.21 Å². The van der Waals surface area contributed by atoms with E-state index in [0.29, 0.717) is 22.9 Å². The topological polar surface area (TPSA) is 98.2 Å². The molecule has 0 bridgehead atoms. The quantitative estimate of drug-likeness (QED) is 0.235. The first-order valence-electron chi connectivity index (χ1n) is 12.9. The van der Waals surface area contributed by atoms with Crippen molar-refractivity contribution in [3.63, 3.8) is 0 Å². The first-order chi connectivity index (χ1) is 20.2. The maximum absolute atomic E-state index is 14.6. The van der Waals surface area contributed by atoms with Crippen LogP contribution in [0.15, 0.2) is 65.6 Å². The summed E-state index contributed by atoms with van der Waals surface area (Å²) in [6, 6.07) is 11.8. The predicted octanol–water partition coefficient (Wildman–Crippen LogP) is 5.37. The van der Waals surface area contributed by atoms with Gasteiger partial charge in [0, 0.05) is 25.2 Å². The average Bonchev–Trinajstić information content (AvgIpc) is 2.95. The third-order valence-corrected chi connectivity index (χ3v) is 9.49. The zero-order valence-corrected chi connectivity index (χ0v) is 24.0. The monoisotopic (exact) mass is 637 g/mol. The van der Waals surface area contributed by atoms with Crippen LogP contribution in [0.3, 0.4) is 0 Å². The van der Waals surface area contributed by atoms with Gasteiger partial charge in [-0.25, -0.2) is 17.6 Å². The molecule has 1 amide bonds. The van der Waals surface area contributed by atoms with E-state index in [9.17, 15) is 40.7 Å². The lowest BCUT2D eigenvalue weighted by Gasteiger charge is -2.48. The van der Waals surface area contributed by atoms with E-state index in [1.54, 1.807) is 25.1 Å². The van der Waals surface area contributed by atoms with Crippen molar-refractivity contribution in [3.05, 3.63) is 88.2 Å². The maximum atomic E-state index is 14.6. The fraction of sp³-hybridized carbons (Fsp3) is 0.241. The number of alkyl halides is 3. The molecule has 2 heterocycles. The number of rotatable bonds is 4. The van der Waals surface area contributed by atoms with Crippen LogP contribution in [-0.2, 0) is 25.8 Å². The molecule has 0 radical (unpaired) electrons. The number of carboxylic acid groups (broad SMARTS) is 1. The van der Waals surface area contributed by atoms with Crippen LogP contribution in [0, 0.1) is 5.82 Å². The number of piperazine rings is 1. The predicted molar refractivity (Wildman–Crippen MR) is 153 cm³/mol. The fourth-order valence-electron chi connectivity index (χ4n) is 5.40. The van der Waals surface area contributed by atoms with Crippen LogP contribution in [0.4, 0.5) is 28.9 Å². The smallest absolute Gasteiger partial charge is 0.416 e. The Bertz CT molecular complexity index is 1740. The minimum Gasteiger partial charge on any atom is -0.474 e. The van der Waals surface area contributed by atoms with E-state index in [1.165, 1.54) is 24.3 Å². The first kappa shape index (κ1) is 30.4. The van der Waals surface area contributed by atoms with Gasteiger partial charge in [0.1, 0.15) is 5.82 Å². The summed E-state index contributed by atoms with van der Waals surface area (Å²) < 4.78 is 83.8. The first-order valence-corrected chi connectivity index (χ1v) is 14.8. The number of amides is 1. The number of carbonyl (C=O) groups is 2. The van der Waals surface area contributed by atoms with Crippen molar-refractivity contribution in [2.45, 2.75) is 24.0 Å². The number of hydrogen-bond donors (Lipinski definition) is 1. The largest absolute Gasteiger partial charge is 0.474 e. The van der Waals surface area contributed by atoms with E-state index in [-0.39, 0.29) is 42.5 Å². The minimum atomic E-state index is -4.79. The molecular formula is C29H24ClF4N3O5S. The van der Waals surface area contributed by atoms with Crippen LogP contribution in [-0.4, -0.2) is 62.5 Å². The highest BCUT2D eigenvalue weighted by Gasteiger charge is 2.42. The summed E-state index contributed by atoms with van der Waals surface area (Å²) in [5.74, 6) is -3.34. The Balaban J connectivity index is 1.62. The number of hydrogen-bond acceptors (Lipinski definition) is 5. The highest BCUT2D eigenvalue weighted by Crippen LogP contribution is 2.42. The number of nitrogens with zero attached hydrogens (tertiary/aromatic N) is 3. The molecule has 1 N–H and O–H groups in total. The van der Waals surface area contributed by atoms with Crippen molar-refractivity contribution >= 4 is 56.5 Å². The van der Waals surface area contributed by atoms with Crippen LogP contribution in [0.1, 0.15) is 23.6 Å². The maximum Gasteiger partial charge on any atom is 0.416 e. The zero-order valence-electron chi connectivity index (χ0n) is 22.5. The minimum absolute atomic E-state index is 0.0635. The number of sulfonamides is 1. The second-order valence-electron chi connectivity index (χ2n) is 10.1. The number of anilines is 2. The van der Waals surface area contributed by atoms with E-state index in [2.05, 4.69) is 0 Å². The van der Waals surface area contributed by atoms with Crippen molar-refractivity contribution in [2.75, 3.05) is 35.4 Å². The Hall–Kier alpha value is -4.10. The number of aliphatic carboxylic acids is 1. The third kappa shape index (κ3) is 5.78.